The second-order valence-electron chi connectivity index (χ2n) is 4.75. The molecule has 0 bridgehead atoms. The maximum absolute atomic E-state index is 5.81. The van der Waals surface area contributed by atoms with E-state index in [0.29, 0.717) is 13.2 Å². The van der Waals surface area contributed by atoms with Gasteiger partial charge in [0.2, 0.25) is 6.29 Å². The highest BCUT2D eigenvalue weighted by Gasteiger charge is 2.26. The van der Waals surface area contributed by atoms with E-state index in [9.17, 15) is 0 Å². The van der Waals surface area contributed by atoms with Gasteiger partial charge in [-0.15, -0.1) is 0 Å². The zero-order valence-corrected chi connectivity index (χ0v) is 10.4. The van der Waals surface area contributed by atoms with Crippen LogP contribution in [0, 0.1) is 0 Å². The third-order valence-corrected chi connectivity index (χ3v) is 3.23. The predicted molar refractivity (Wildman–Crippen MR) is 69.6 cm³/mol. The van der Waals surface area contributed by atoms with Gasteiger partial charge in [0.25, 0.3) is 0 Å². The summed E-state index contributed by atoms with van der Waals surface area (Å²) in [7, 11) is 0. The lowest BCUT2D eigenvalue weighted by molar-refractivity contribution is 0.181. The van der Waals surface area contributed by atoms with E-state index in [1.807, 2.05) is 36.4 Å². The zero-order chi connectivity index (χ0) is 12.7. The van der Waals surface area contributed by atoms with E-state index in [0.717, 1.165) is 28.9 Å². The molecule has 4 heteroatoms. The summed E-state index contributed by atoms with van der Waals surface area (Å²) in [6.45, 7) is 2.08. The Kier molecular flexibility index (Phi) is 2.57. The van der Waals surface area contributed by atoms with Crippen molar-refractivity contribution in [1.29, 1.82) is 0 Å². The van der Waals surface area contributed by atoms with Crippen LogP contribution in [0.2, 0.25) is 0 Å². The number of hydrogen-bond acceptors (Lipinski definition) is 4. The molecule has 2 aliphatic rings. The van der Waals surface area contributed by atoms with Crippen LogP contribution in [-0.2, 0) is 9.47 Å². The maximum atomic E-state index is 5.81. The summed E-state index contributed by atoms with van der Waals surface area (Å²) in [5.41, 5.74) is 0. The number of epoxide rings is 2. The van der Waals surface area contributed by atoms with Crippen LogP contribution in [0.3, 0.4) is 0 Å². The fourth-order valence-electron chi connectivity index (χ4n) is 2.07. The zero-order valence-electron chi connectivity index (χ0n) is 10.4. The molecular formula is C15H14O4. The Hall–Kier alpha value is -1.78. The van der Waals surface area contributed by atoms with Gasteiger partial charge in [-0.3, -0.25) is 0 Å². The van der Waals surface area contributed by atoms with Crippen LogP contribution >= 0.6 is 0 Å². The second-order valence-corrected chi connectivity index (χ2v) is 4.75. The molecule has 0 aliphatic carbocycles. The minimum absolute atomic E-state index is 0.0879. The van der Waals surface area contributed by atoms with E-state index in [1.165, 1.54) is 0 Å². The highest BCUT2D eigenvalue weighted by atomic mass is 16.8. The molecule has 2 fully saturated rings. The Labute approximate surface area is 110 Å². The maximum Gasteiger partial charge on any atom is 0.223 e. The predicted octanol–water partition coefficient (Wildman–Crippen LogP) is 2.35. The topological polar surface area (TPSA) is 43.5 Å². The number of ether oxygens (including phenoxy) is 4. The Morgan fingerprint density at radius 2 is 1.63 bits per heavy atom. The van der Waals surface area contributed by atoms with Gasteiger partial charge < -0.3 is 18.9 Å². The smallest absolute Gasteiger partial charge is 0.223 e. The third-order valence-electron chi connectivity index (χ3n) is 3.23. The van der Waals surface area contributed by atoms with Gasteiger partial charge in [-0.1, -0.05) is 24.3 Å². The van der Waals surface area contributed by atoms with Crippen LogP contribution in [0.15, 0.2) is 36.4 Å². The first-order chi connectivity index (χ1) is 9.40. The molecule has 2 aliphatic heterocycles. The molecular weight excluding hydrogens is 244 g/mol. The Morgan fingerprint density at radius 3 is 2.32 bits per heavy atom. The molecule has 0 radical (unpaired) electrons. The molecule has 0 saturated carbocycles. The van der Waals surface area contributed by atoms with Crippen LogP contribution in [0.1, 0.15) is 0 Å². The minimum Gasteiger partial charge on any atom is -0.490 e. The first-order valence-electron chi connectivity index (χ1n) is 6.44. The summed E-state index contributed by atoms with van der Waals surface area (Å²) >= 11 is 0. The summed E-state index contributed by atoms with van der Waals surface area (Å²) in [6.07, 6.45) is 0.171. The summed E-state index contributed by atoms with van der Waals surface area (Å²) in [5.74, 6) is 1.71. The van der Waals surface area contributed by atoms with Gasteiger partial charge in [0.1, 0.15) is 30.8 Å². The Balaban J connectivity index is 1.68. The van der Waals surface area contributed by atoms with E-state index >= 15 is 0 Å². The van der Waals surface area contributed by atoms with Crippen molar-refractivity contribution in [3.63, 3.8) is 0 Å². The van der Waals surface area contributed by atoms with Crippen molar-refractivity contribution in [2.45, 2.75) is 12.4 Å². The van der Waals surface area contributed by atoms with Crippen molar-refractivity contribution in [3.05, 3.63) is 36.4 Å². The van der Waals surface area contributed by atoms with Gasteiger partial charge in [0, 0.05) is 10.8 Å². The molecule has 2 heterocycles. The van der Waals surface area contributed by atoms with Crippen LogP contribution in [0.4, 0.5) is 0 Å². The lowest BCUT2D eigenvalue weighted by Crippen LogP contribution is -2.05. The quantitative estimate of drug-likeness (QED) is 0.772. The van der Waals surface area contributed by atoms with Crippen molar-refractivity contribution in [3.8, 4) is 11.5 Å². The molecule has 2 aromatic rings. The second kappa shape index (κ2) is 4.40. The van der Waals surface area contributed by atoms with Crippen LogP contribution in [0.25, 0.3) is 10.8 Å². The fourth-order valence-corrected chi connectivity index (χ4v) is 2.07. The molecule has 0 amide bonds. The first kappa shape index (κ1) is 11.1. The van der Waals surface area contributed by atoms with Gasteiger partial charge in [-0.25, -0.2) is 0 Å². The van der Waals surface area contributed by atoms with Crippen molar-refractivity contribution in [2.24, 2.45) is 0 Å². The molecule has 0 aromatic heterocycles. The SMILES string of the molecule is c1ccc2c(OC3CO3)ccc(OCC3CO3)c2c1. The molecule has 19 heavy (non-hydrogen) atoms. The number of benzene rings is 2. The molecule has 2 aromatic carbocycles. The molecule has 0 N–H and O–H groups in total. The molecule has 4 nitrogen and oxygen atoms in total. The van der Waals surface area contributed by atoms with Crippen LogP contribution in [0.5, 0.6) is 11.5 Å². The van der Waals surface area contributed by atoms with Gasteiger partial charge in [0.15, 0.2) is 0 Å². The van der Waals surface area contributed by atoms with E-state index in [2.05, 4.69) is 0 Å². The van der Waals surface area contributed by atoms with Crippen LogP contribution in [-0.4, -0.2) is 32.2 Å². The standard InChI is InChI=1S/C15H14O4/c1-2-4-12-11(3-1)13(17-8-10-7-16-10)5-6-14(12)19-15-9-18-15/h1-6,10,15H,7-9H2. The average molecular weight is 258 g/mol. The lowest BCUT2D eigenvalue weighted by atomic mass is 10.1. The monoisotopic (exact) mass is 258 g/mol. The molecule has 2 saturated heterocycles. The first-order valence-corrected chi connectivity index (χ1v) is 6.44. The summed E-state index contributed by atoms with van der Waals surface area (Å²) in [5, 5.41) is 2.11. The third kappa shape index (κ3) is 2.37. The van der Waals surface area contributed by atoms with Crippen molar-refractivity contribution >= 4 is 10.8 Å². The number of fused-ring (bicyclic) bond motifs is 1. The average Bonchev–Trinajstić information content (AvgIpc) is 3.33. The van der Waals surface area contributed by atoms with Crippen molar-refractivity contribution in [2.75, 3.05) is 19.8 Å². The summed E-state index contributed by atoms with van der Waals surface area (Å²) in [4.78, 5) is 0. The molecule has 2 unspecified atom stereocenters. The molecule has 4 rings (SSSR count). The van der Waals surface area contributed by atoms with Crippen molar-refractivity contribution < 1.29 is 18.9 Å². The van der Waals surface area contributed by atoms with Crippen molar-refractivity contribution in [1.82, 2.24) is 0 Å². The summed E-state index contributed by atoms with van der Waals surface area (Å²) in [6, 6.07) is 12.0. The van der Waals surface area contributed by atoms with E-state index in [4.69, 9.17) is 18.9 Å². The number of hydrogen-bond donors (Lipinski definition) is 0. The molecule has 98 valence electrons. The van der Waals surface area contributed by atoms with E-state index in [-0.39, 0.29) is 12.4 Å². The van der Waals surface area contributed by atoms with E-state index < -0.39 is 0 Å². The van der Waals surface area contributed by atoms with Crippen LogP contribution < -0.4 is 9.47 Å². The largest absolute Gasteiger partial charge is 0.490 e. The minimum atomic E-state index is -0.0879. The van der Waals surface area contributed by atoms with Gasteiger partial charge in [0.05, 0.1) is 6.61 Å². The lowest BCUT2D eigenvalue weighted by Gasteiger charge is -2.12. The van der Waals surface area contributed by atoms with Gasteiger partial charge in [-0.2, -0.15) is 0 Å². The Bertz CT molecular complexity index is 602. The van der Waals surface area contributed by atoms with E-state index in [1.54, 1.807) is 0 Å². The Morgan fingerprint density at radius 1 is 0.947 bits per heavy atom. The summed E-state index contributed by atoms with van der Waals surface area (Å²) < 4.78 is 21.8. The van der Waals surface area contributed by atoms with Gasteiger partial charge >= 0.3 is 0 Å². The normalized spacial score (nSPS) is 24.2. The highest BCUT2D eigenvalue weighted by Crippen LogP contribution is 2.35. The number of rotatable bonds is 5. The fraction of sp³-hybridized carbons (Fsp3) is 0.333. The molecule has 2 atom stereocenters. The van der Waals surface area contributed by atoms with Gasteiger partial charge in [-0.05, 0) is 12.1 Å². The highest BCUT2D eigenvalue weighted by molar-refractivity contribution is 5.93. The molecule has 0 spiro atoms.